The number of carbonyl (C=O) groups is 1. The van der Waals surface area contributed by atoms with E-state index in [1.165, 1.54) is 23.3 Å². The van der Waals surface area contributed by atoms with Gasteiger partial charge in [0.15, 0.2) is 0 Å². The van der Waals surface area contributed by atoms with E-state index in [2.05, 4.69) is 50.4 Å². The Morgan fingerprint density at radius 3 is 2.19 bits per heavy atom. The van der Waals surface area contributed by atoms with Crippen LogP contribution in [0, 0.1) is 6.92 Å². The van der Waals surface area contributed by atoms with Crippen molar-refractivity contribution >= 4 is 15.9 Å². The number of amides is 1. The molecule has 0 atom stereocenters. The van der Waals surface area contributed by atoms with Crippen molar-refractivity contribution in [1.82, 2.24) is 5.32 Å². The number of sulfonamides is 1. The summed E-state index contributed by atoms with van der Waals surface area (Å²) in [5.74, 6) is 0.0244. The molecule has 0 aromatic heterocycles. The molecule has 3 N–H and O–H groups in total. The molecule has 2 rings (SSSR count). The predicted octanol–water partition coefficient (Wildman–Crippen LogP) is 3.06. The minimum atomic E-state index is -3.67. The predicted molar refractivity (Wildman–Crippen MR) is 108 cm³/mol. The summed E-state index contributed by atoms with van der Waals surface area (Å²) < 4.78 is 22.5. The first-order valence-corrected chi connectivity index (χ1v) is 10.6. The van der Waals surface area contributed by atoms with E-state index in [0.717, 1.165) is 12.0 Å². The van der Waals surface area contributed by atoms with Gasteiger partial charge in [0.1, 0.15) is 0 Å². The SMILES string of the molecule is Cc1ccc(C(C)(C)CCC(=O)NCCc2ccc(S(N)(=O)=O)cc2)cc1. The van der Waals surface area contributed by atoms with E-state index in [1.807, 2.05) is 0 Å². The number of primary sulfonamides is 1. The van der Waals surface area contributed by atoms with Crippen LogP contribution in [0.2, 0.25) is 0 Å². The summed E-state index contributed by atoms with van der Waals surface area (Å²) in [5, 5.41) is 8.01. The molecule has 0 spiro atoms. The Morgan fingerprint density at radius 1 is 1.04 bits per heavy atom. The number of carbonyl (C=O) groups excluding carboxylic acids is 1. The molecule has 146 valence electrons. The Morgan fingerprint density at radius 2 is 1.63 bits per heavy atom. The molecule has 0 heterocycles. The van der Waals surface area contributed by atoms with E-state index in [4.69, 9.17) is 5.14 Å². The van der Waals surface area contributed by atoms with Crippen LogP contribution in [-0.2, 0) is 26.7 Å². The molecule has 0 unspecified atom stereocenters. The highest BCUT2D eigenvalue weighted by molar-refractivity contribution is 7.89. The lowest BCUT2D eigenvalue weighted by molar-refractivity contribution is -0.121. The van der Waals surface area contributed by atoms with Gasteiger partial charge in [-0.1, -0.05) is 55.8 Å². The summed E-state index contributed by atoms with van der Waals surface area (Å²) in [6, 6.07) is 14.8. The van der Waals surface area contributed by atoms with Crippen LogP contribution in [0.5, 0.6) is 0 Å². The van der Waals surface area contributed by atoms with E-state index >= 15 is 0 Å². The fourth-order valence-corrected chi connectivity index (χ4v) is 3.37. The number of rotatable bonds is 8. The lowest BCUT2D eigenvalue weighted by Gasteiger charge is -2.25. The molecule has 0 bridgehead atoms. The van der Waals surface area contributed by atoms with Crippen molar-refractivity contribution in [3.63, 3.8) is 0 Å². The van der Waals surface area contributed by atoms with Gasteiger partial charge in [-0.25, -0.2) is 13.6 Å². The highest BCUT2D eigenvalue weighted by atomic mass is 32.2. The molecule has 0 aliphatic carbocycles. The fourth-order valence-electron chi connectivity index (χ4n) is 2.86. The van der Waals surface area contributed by atoms with E-state index in [9.17, 15) is 13.2 Å². The lowest BCUT2D eigenvalue weighted by atomic mass is 9.80. The third kappa shape index (κ3) is 6.48. The lowest BCUT2D eigenvalue weighted by Crippen LogP contribution is -2.28. The molecule has 0 saturated carbocycles. The first kappa shape index (κ1) is 21.1. The fraction of sp³-hybridized carbons (Fsp3) is 0.381. The van der Waals surface area contributed by atoms with Crippen LogP contribution in [0.25, 0.3) is 0 Å². The Kier molecular flexibility index (Phi) is 6.78. The second-order valence-electron chi connectivity index (χ2n) is 7.54. The minimum Gasteiger partial charge on any atom is -0.356 e. The highest BCUT2D eigenvalue weighted by Gasteiger charge is 2.21. The quantitative estimate of drug-likeness (QED) is 0.728. The normalized spacial score (nSPS) is 12.0. The Labute approximate surface area is 162 Å². The average Bonchev–Trinajstić information content (AvgIpc) is 2.60. The van der Waals surface area contributed by atoms with Crippen LogP contribution in [0.4, 0.5) is 0 Å². The number of nitrogens with two attached hydrogens (primary N) is 1. The highest BCUT2D eigenvalue weighted by Crippen LogP contribution is 2.28. The third-order valence-electron chi connectivity index (χ3n) is 4.80. The maximum absolute atomic E-state index is 12.1. The van der Waals surface area contributed by atoms with Crippen molar-refractivity contribution in [2.75, 3.05) is 6.54 Å². The number of benzene rings is 2. The number of hydrogen-bond donors (Lipinski definition) is 2. The van der Waals surface area contributed by atoms with Crippen molar-refractivity contribution < 1.29 is 13.2 Å². The van der Waals surface area contributed by atoms with Crippen molar-refractivity contribution in [3.8, 4) is 0 Å². The maximum atomic E-state index is 12.1. The average molecular weight is 389 g/mol. The van der Waals surface area contributed by atoms with Crippen molar-refractivity contribution in [2.45, 2.75) is 50.3 Å². The minimum absolute atomic E-state index is 0.0244. The van der Waals surface area contributed by atoms with E-state index in [1.54, 1.807) is 12.1 Å². The molecular formula is C21H28N2O3S. The van der Waals surface area contributed by atoms with Crippen LogP contribution in [-0.4, -0.2) is 20.9 Å². The van der Waals surface area contributed by atoms with E-state index < -0.39 is 10.0 Å². The number of nitrogens with one attached hydrogen (secondary N) is 1. The van der Waals surface area contributed by atoms with Crippen LogP contribution < -0.4 is 10.5 Å². The zero-order valence-corrected chi connectivity index (χ0v) is 17.0. The van der Waals surface area contributed by atoms with Gasteiger partial charge in [0.2, 0.25) is 15.9 Å². The van der Waals surface area contributed by atoms with Crippen LogP contribution in [0.1, 0.15) is 43.4 Å². The topological polar surface area (TPSA) is 89.3 Å². The Bertz CT molecular complexity index is 871. The molecule has 1 amide bonds. The summed E-state index contributed by atoms with van der Waals surface area (Å²) in [6.07, 6.45) is 1.87. The van der Waals surface area contributed by atoms with Gasteiger partial charge in [0.25, 0.3) is 0 Å². The van der Waals surface area contributed by atoms with Gasteiger partial charge in [-0.2, -0.15) is 0 Å². The van der Waals surface area contributed by atoms with Crippen LogP contribution in [0.3, 0.4) is 0 Å². The van der Waals surface area contributed by atoms with Gasteiger partial charge >= 0.3 is 0 Å². The summed E-state index contributed by atoms with van der Waals surface area (Å²) in [4.78, 5) is 12.2. The van der Waals surface area contributed by atoms with Crippen molar-refractivity contribution in [1.29, 1.82) is 0 Å². The molecule has 5 nitrogen and oxygen atoms in total. The molecule has 0 aliphatic rings. The van der Waals surface area contributed by atoms with Gasteiger partial charge in [0, 0.05) is 13.0 Å². The molecule has 6 heteroatoms. The molecular weight excluding hydrogens is 360 g/mol. The van der Waals surface area contributed by atoms with Gasteiger partial charge < -0.3 is 5.32 Å². The zero-order valence-electron chi connectivity index (χ0n) is 16.2. The monoisotopic (exact) mass is 388 g/mol. The molecule has 0 radical (unpaired) electrons. The largest absolute Gasteiger partial charge is 0.356 e. The third-order valence-corrected chi connectivity index (χ3v) is 5.73. The smallest absolute Gasteiger partial charge is 0.238 e. The first-order chi connectivity index (χ1) is 12.6. The molecule has 2 aromatic carbocycles. The first-order valence-electron chi connectivity index (χ1n) is 9.03. The molecule has 0 fully saturated rings. The zero-order chi connectivity index (χ0) is 20.1. The summed E-state index contributed by atoms with van der Waals surface area (Å²) in [6.45, 7) is 6.88. The number of aryl methyl sites for hydroxylation is 1. The second-order valence-corrected chi connectivity index (χ2v) is 9.10. The van der Waals surface area contributed by atoms with Crippen molar-refractivity contribution in [2.24, 2.45) is 5.14 Å². The van der Waals surface area contributed by atoms with Gasteiger partial charge in [-0.3, -0.25) is 4.79 Å². The summed E-state index contributed by atoms with van der Waals surface area (Å²) >= 11 is 0. The Hall–Kier alpha value is -2.18. The van der Waals surface area contributed by atoms with Gasteiger partial charge in [-0.05, 0) is 48.4 Å². The van der Waals surface area contributed by atoms with Crippen LogP contribution >= 0.6 is 0 Å². The Balaban J connectivity index is 1.78. The van der Waals surface area contributed by atoms with E-state index in [0.29, 0.717) is 19.4 Å². The van der Waals surface area contributed by atoms with Crippen LogP contribution in [0.15, 0.2) is 53.4 Å². The number of hydrogen-bond acceptors (Lipinski definition) is 3. The summed E-state index contributed by atoms with van der Waals surface area (Å²) in [7, 11) is -3.67. The molecule has 0 saturated heterocycles. The summed E-state index contributed by atoms with van der Waals surface area (Å²) in [5.41, 5.74) is 3.34. The van der Waals surface area contributed by atoms with Gasteiger partial charge in [0.05, 0.1) is 4.90 Å². The molecule has 0 aliphatic heterocycles. The molecule has 2 aromatic rings. The standard InChI is InChI=1S/C21H28N2O3S/c1-16-4-8-18(9-5-16)21(2,3)14-12-20(24)23-15-13-17-6-10-19(11-7-17)27(22,25)26/h4-11H,12-15H2,1-3H3,(H,23,24)(H2,22,25,26). The van der Waals surface area contributed by atoms with Crippen molar-refractivity contribution in [3.05, 3.63) is 65.2 Å². The second kappa shape index (κ2) is 8.67. The molecule has 27 heavy (non-hydrogen) atoms. The van der Waals surface area contributed by atoms with E-state index in [-0.39, 0.29) is 16.2 Å². The van der Waals surface area contributed by atoms with Gasteiger partial charge in [-0.15, -0.1) is 0 Å². The maximum Gasteiger partial charge on any atom is 0.238 e.